The van der Waals surface area contributed by atoms with Crippen molar-refractivity contribution in [2.75, 3.05) is 18.0 Å². The lowest BCUT2D eigenvalue weighted by Crippen LogP contribution is -2.43. The molecule has 0 spiro atoms. The molecule has 0 radical (unpaired) electrons. The maximum absolute atomic E-state index is 11.3. The second-order valence-corrected chi connectivity index (χ2v) is 6.48. The second kappa shape index (κ2) is 6.68. The number of nitrogens with zero attached hydrogens (tertiary/aromatic N) is 3. The number of anilines is 1. The van der Waals surface area contributed by atoms with Gasteiger partial charge in [-0.25, -0.2) is 9.78 Å². The van der Waals surface area contributed by atoms with E-state index in [1.54, 1.807) is 12.4 Å². The van der Waals surface area contributed by atoms with E-state index >= 15 is 0 Å². The third-order valence-electron chi connectivity index (χ3n) is 4.80. The highest BCUT2D eigenvalue weighted by molar-refractivity contribution is 5.72. The van der Waals surface area contributed by atoms with Crippen molar-refractivity contribution >= 4 is 16.9 Å². The van der Waals surface area contributed by atoms with Crippen LogP contribution >= 0.6 is 0 Å². The van der Waals surface area contributed by atoms with Crippen molar-refractivity contribution in [1.29, 1.82) is 0 Å². The molecule has 25 heavy (non-hydrogen) atoms. The van der Waals surface area contributed by atoms with Gasteiger partial charge >= 0.3 is 5.76 Å². The van der Waals surface area contributed by atoms with Gasteiger partial charge in [0.25, 0.3) is 0 Å². The normalized spacial score (nSPS) is 17.1. The number of piperidine rings is 1. The predicted octanol–water partition coefficient (Wildman–Crippen LogP) is 2.23. The largest absolute Gasteiger partial charge is 0.417 e. The van der Waals surface area contributed by atoms with Crippen LogP contribution in [0.1, 0.15) is 31.4 Å². The van der Waals surface area contributed by atoms with Crippen LogP contribution in [0.2, 0.25) is 0 Å². The fourth-order valence-electron chi connectivity index (χ4n) is 3.41. The molecule has 3 heterocycles. The first-order valence-electron chi connectivity index (χ1n) is 8.59. The van der Waals surface area contributed by atoms with Crippen molar-refractivity contribution in [2.45, 2.75) is 31.8 Å². The van der Waals surface area contributed by atoms with Crippen LogP contribution in [0.25, 0.3) is 11.1 Å². The Kier molecular flexibility index (Phi) is 4.23. The molecule has 2 N–H and O–H groups in total. The predicted molar refractivity (Wildman–Crippen MR) is 95.7 cm³/mol. The number of nitrogens with one attached hydrogen (secondary N) is 2. The molecule has 1 saturated heterocycles. The van der Waals surface area contributed by atoms with Gasteiger partial charge in [0.05, 0.1) is 11.7 Å². The van der Waals surface area contributed by atoms with Crippen LogP contribution in [0.15, 0.2) is 46.0 Å². The number of hydrogen-bond acceptors (Lipinski definition) is 6. The van der Waals surface area contributed by atoms with Crippen LogP contribution < -0.4 is 16.0 Å². The Labute approximate surface area is 145 Å². The van der Waals surface area contributed by atoms with E-state index in [0.29, 0.717) is 11.6 Å². The summed E-state index contributed by atoms with van der Waals surface area (Å²) in [7, 11) is 0. The molecule has 0 bridgehead atoms. The SMILES string of the molecule is CC(NC1CCN(c2cnccn2)CC1)c1ccc2[nH]c(=O)oc2c1. The summed E-state index contributed by atoms with van der Waals surface area (Å²) in [5, 5.41) is 3.69. The number of fused-ring (bicyclic) bond motifs is 1. The first-order valence-corrected chi connectivity index (χ1v) is 8.59. The summed E-state index contributed by atoms with van der Waals surface area (Å²) in [5.74, 6) is 0.533. The Hall–Kier alpha value is -2.67. The Morgan fingerprint density at radius 2 is 2.16 bits per heavy atom. The average molecular weight is 339 g/mol. The van der Waals surface area contributed by atoms with E-state index < -0.39 is 5.76 Å². The summed E-state index contributed by atoms with van der Waals surface area (Å²) in [6, 6.07) is 6.50. The highest BCUT2D eigenvalue weighted by atomic mass is 16.4. The quantitative estimate of drug-likeness (QED) is 0.758. The van der Waals surface area contributed by atoms with Crippen molar-refractivity contribution in [3.05, 3.63) is 52.9 Å². The summed E-state index contributed by atoms with van der Waals surface area (Å²) in [4.78, 5) is 24.7. The van der Waals surface area contributed by atoms with Crippen LogP contribution in [0.3, 0.4) is 0 Å². The van der Waals surface area contributed by atoms with Gasteiger partial charge < -0.3 is 14.6 Å². The number of aromatic amines is 1. The van der Waals surface area contributed by atoms with Gasteiger partial charge in [-0.1, -0.05) is 6.07 Å². The van der Waals surface area contributed by atoms with E-state index in [-0.39, 0.29) is 6.04 Å². The van der Waals surface area contributed by atoms with Gasteiger partial charge in [-0.2, -0.15) is 0 Å². The Balaban J connectivity index is 1.38. The van der Waals surface area contributed by atoms with E-state index in [1.807, 2.05) is 24.4 Å². The van der Waals surface area contributed by atoms with Crippen molar-refractivity contribution in [1.82, 2.24) is 20.3 Å². The Bertz CT molecular complexity index is 896. The molecule has 0 saturated carbocycles. The monoisotopic (exact) mass is 339 g/mol. The molecule has 0 aliphatic carbocycles. The summed E-state index contributed by atoms with van der Waals surface area (Å²) < 4.78 is 5.15. The van der Waals surface area contributed by atoms with E-state index in [1.165, 1.54) is 0 Å². The number of hydrogen-bond donors (Lipinski definition) is 2. The molecule has 7 heteroatoms. The third-order valence-corrected chi connectivity index (χ3v) is 4.80. The van der Waals surface area contributed by atoms with Gasteiger partial charge in [0.2, 0.25) is 0 Å². The smallest absolute Gasteiger partial charge is 0.408 e. The molecular formula is C18H21N5O2. The lowest BCUT2D eigenvalue weighted by Gasteiger charge is -2.34. The van der Waals surface area contributed by atoms with Crippen molar-refractivity contribution in [3.63, 3.8) is 0 Å². The van der Waals surface area contributed by atoms with Gasteiger partial charge in [-0.05, 0) is 37.5 Å². The standard InChI is InChI=1S/C18H21N5O2/c1-12(13-2-3-15-16(10-13)25-18(24)22-15)21-14-4-8-23(9-5-14)17-11-19-6-7-20-17/h2-3,6-7,10-12,14,21H,4-5,8-9H2,1H3,(H,22,24). The molecule has 1 aliphatic rings. The minimum Gasteiger partial charge on any atom is -0.408 e. The minimum absolute atomic E-state index is 0.192. The molecule has 0 amide bonds. The molecule has 2 aromatic heterocycles. The lowest BCUT2D eigenvalue weighted by molar-refractivity contribution is 0.380. The molecule has 1 unspecified atom stereocenters. The van der Waals surface area contributed by atoms with Crippen molar-refractivity contribution < 1.29 is 4.42 Å². The van der Waals surface area contributed by atoms with Crippen LogP contribution in [0.4, 0.5) is 5.82 Å². The van der Waals surface area contributed by atoms with Gasteiger partial charge in [-0.15, -0.1) is 0 Å². The highest BCUT2D eigenvalue weighted by Gasteiger charge is 2.22. The highest BCUT2D eigenvalue weighted by Crippen LogP contribution is 2.22. The number of aromatic nitrogens is 3. The van der Waals surface area contributed by atoms with Gasteiger partial charge in [0.15, 0.2) is 5.58 Å². The first-order chi connectivity index (χ1) is 12.2. The minimum atomic E-state index is -0.413. The van der Waals surface area contributed by atoms with Gasteiger partial charge in [0.1, 0.15) is 5.82 Å². The van der Waals surface area contributed by atoms with Crippen LogP contribution in [-0.4, -0.2) is 34.1 Å². The first kappa shape index (κ1) is 15.8. The maximum Gasteiger partial charge on any atom is 0.417 e. The van der Waals surface area contributed by atoms with Crippen LogP contribution in [0.5, 0.6) is 0 Å². The molecular weight excluding hydrogens is 318 g/mol. The van der Waals surface area contributed by atoms with Crippen molar-refractivity contribution in [3.8, 4) is 0 Å². The van der Waals surface area contributed by atoms with Gasteiger partial charge in [0, 0.05) is 37.6 Å². The summed E-state index contributed by atoms with van der Waals surface area (Å²) in [6.45, 7) is 4.07. The van der Waals surface area contributed by atoms with Crippen LogP contribution in [-0.2, 0) is 0 Å². The number of oxazole rings is 1. The fraction of sp³-hybridized carbons (Fsp3) is 0.389. The molecule has 4 rings (SSSR count). The molecule has 1 aliphatic heterocycles. The van der Waals surface area contributed by atoms with E-state index in [2.05, 4.69) is 32.1 Å². The van der Waals surface area contributed by atoms with Gasteiger partial charge in [-0.3, -0.25) is 9.97 Å². The number of rotatable bonds is 4. The zero-order chi connectivity index (χ0) is 17.2. The fourth-order valence-corrected chi connectivity index (χ4v) is 3.41. The van der Waals surface area contributed by atoms with E-state index in [9.17, 15) is 4.79 Å². The maximum atomic E-state index is 11.3. The van der Waals surface area contributed by atoms with E-state index in [0.717, 1.165) is 42.8 Å². The van der Waals surface area contributed by atoms with Crippen LogP contribution in [0, 0.1) is 0 Å². The molecule has 1 atom stereocenters. The third kappa shape index (κ3) is 3.41. The lowest BCUT2D eigenvalue weighted by atomic mass is 10.0. The summed E-state index contributed by atoms with van der Waals surface area (Å²) in [6.07, 6.45) is 7.36. The molecule has 3 aromatic rings. The Morgan fingerprint density at radius 1 is 1.32 bits per heavy atom. The Morgan fingerprint density at radius 3 is 2.92 bits per heavy atom. The summed E-state index contributed by atoms with van der Waals surface area (Å²) in [5.41, 5.74) is 2.46. The number of benzene rings is 1. The van der Waals surface area contributed by atoms with E-state index in [4.69, 9.17) is 4.42 Å². The molecule has 130 valence electrons. The topological polar surface area (TPSA) is 87.0 Å². The number of H-pyrrole nitrogens is 1. The molecule has 1 fully saturated rings. The zero-order valence-electron chi connectivity index (χ0n) is 14.1. The van der Waals surface area contributed by atoms with Crippen molar-refractivity contribution in [2.24, 2.45) is 0 Å². The summed E-state index contributed by atoms with van der Waals surface area (Å²) >= 11 is 0. The molecule has 1 aromatic carbocycles. The second-order valence-electron chi connectivity index (χ2n) is 6.48. The molecule has 7 nitrogen and oxygen atoms in total. The zero-order valence-corrected chi connectivity index (χ0v) is 14.1. The average Bonchev–Trinajstić information content (AvgIpc) is 3.02.